The van der Waals surface area contributed by atoms with Crippen LogP contribution >= 0.6 is 0 Å². The van der Waals surface area contributed by atoms with E-state index in [1.807, 2.05) is 0 Å². The van der Waals surface area contributed by atoms with E-state index >= 15 is 0 Å². The molecule has 0 spiro atoms. The SMILES string of the molecule is CC1(C)/C=C/C(N(c2ccc(-c3ccc4c(c3)c3ccccc3n4-c3ccccc3)cc2)c2ccc3c(c2)-c2ccccc2C3(c2ccccc2)c2ccccc2)=C\C=C\c2ccc(-c3ccccc3)cc21. The summed E-state index contributed by atoms with van der Waals surface area (Å²) in [6.07, 6.45) is 11.5. The van der Waals surface area contributed by atoms with Gasteiger partial charge in [-0.25, -0.2) is 0 Å². The lowest BCUT2D eigenvalue weighted by atomic mass is 9.68. The lowest BCUT2D eigenvalue weighted by Gasteiger charge is -2.34. The van der Waals surface area contributed by atoms with Crippen molar-refractivity contribution in [2.24, 2.45) is 0 Å². The summed E-state index contributed by atoms with van der Waals surface area (Å²) in [5.74, 6) is 0. The molecule has 0 saturated carbocycles. The second-order valence-corrected chi connectivity index (χ2v) is 19.7. The van der Waals surface area contributed by atoms with Gasteiger partial charge < -0.3 is 9.47 Å². The van der Waals surface area contributed by atoms with Gasteiger partial charge in [0.05, 0.1) is 16.4 Å². The number of fused-ring (bicyclic) bond motifs is 7. The zero-order valence-corrected chi connectivity index (χ0v) is 40.5. The van der Waals surface area contributed by atoms with Crippen molar-refractivity contribution in [3.05, 3.63) is 312 Å². The van der Waals surface area contributed by atoms with E-state index in [-0.39, 0.29) is 5.41 Å². The Kier molecular flexibility index (Phi) is 10.4. The molecule has 0 fully saturated rings. The Morgan fingerprint density at radius 2 is 0.958 bits per heavy atom. The minimum Gasteiger partial charge on any atom is -0.310 e. The summed E-state index contributed by atoms with van der Waals surface area (Å²) < 4.78 is 2.38. The van der Waals surface area contributed by atoms with Gasteiger partial charge in [-0.2, -0.15) is 0 Å². The largest absolute Gasteiger partial charge is 0.310 e. The molecule has 0 unspecified atom stereocenters. The van der Waals surface area contributed by atoms with Gasteiger partial charge in [0, 0.05) is 38.9 Å². The molecular formula is C70H52N2. The minimum absolute atomic E-state index is 0.284. The van der Waals surface area contributed by atoms with Crippen LogP contribution in [0.1, 0.15) is 47.2 Å². The Hall–Kier alpha value is -8.98. The Bertz CT molecular complexity index is 3870. The van der Waals surface area contributed by atoms with E-state index < -0.39 is 5.41 Å². The molecule has 10 aromatic carbocycles. The molecule has 0 saturated heterocycles. The fraction of sp³-hybridized carbons (Fsp3) is 0.0571. The summed E-state index contributed by atoms with van der Waals surface area (Å²) in [4.78, 5) is 2.44. The molecule has 13 rings (SSSR count). The summed E-state index contributed by atoms with van der Waals surface area (Å²) >= 11 is 0. The van der Waals surface area contributed by atoms with Gasteiger partial charge in [0.2, 0.25) is 0 Å². The van der Waals surface area contributed by atoms with Crippen molar-refractivity contribution in [3.8, 4) is 39.1 Å². The predicted molar refractivity (Wildman–Crippen MR) is 303 cm³/mol. The number of para-hydroxylation sites is 2. The molecule has 2 aliphatic carbocycles. The summed E-state index contributed by atoms with van der Waals surface area (Å²) in [5, 5.41) is 2.49. The van der Waals surface area contributed by atoms with Crippen LogP contribution in [-0.2, 0) is 10.8 Å². The van der Waals surface area contributed by atoms with E-state index in [1.54, 1.807) is 0 Å². The van der Waals surface area contributed by atoms with Gasteiger partial charge in [-0.15, -0.1) is 0 Å². The second kappa shape index (κ2) is 17.5. The van der Waals surface area contributed by atoms with Crippen molar-refractivity contribution < 1.29 is 0 Å². The average molecular weight is 921 g/mol. The van der Waals surface area contributed by atoms with Crippen LogP contribution in [0.15, 0.2) is 279 Å². The molecule has 2 aliphatic rings. The van der Waals surface area contributed by atoms with Gasteiger partial charge in [-0.3, -0.25) is 0 Å². The van der Waals surface area contributed by atoms with Crippen molar-refractivity contribution in [2.45, 2.75) is 24.7 Å². The minimum atomic E-state index is -0.484. The van der Waals surface area contributed by atoms with Crippen molar-refractivity contribution in [3.63, 3.8) is 0 Å². The number of aromatic nitrogens is 1. The lowest BCUT2D eigenvalue weighted by Crippen LogP contribution is -2.28. The van der Waals surface area contributed by atoms with Crippen LogP contribution in [0.5, 0.6) is 0 Å². The van der Waals surface area contributed by atoms with Gasteiger partial charge >= 0.3 is 0 Å². The Morgan fingerprint density at radius 1 is 0.389 bits per heavy atom. The van der Waals surface area contributed by atoms with Crippen molar-refractivity contribution in [2.75, 3.05) is 4.90 Å². The maximum Gasteiger partial charge on any atom is 0.0713 e. The molecule has 2 nitrogen and oxygen atoms in total. The highest BCUT2D eigenvalue weighted by molar-refractivity contribution is 6.10. The van der Waals surface area contributed by atoms with E-state index in [9.17, 15) is 0 Å². The van der Waals surface area contributed by atoms with E-state index in [2.05, 4.69) is 302 Å². The zero-order chi connectivity index (χ0) is 48.2. The van der Waals surface area contributed by atoms with Crippen LogP contribution in [-0.4, -0.2) is 4.57 Å². The number of nitrogens with zero attached hydrogens (tertiary/aromatic N) is 2. The Labute approximate surface area is 422 Å². The lowest BCUT2D eigenvalue weighted by molar-refractivity contribution is 0.668. The molecule has 0 aliphatic heterocycles. The molecule has 0 amide bonds. The normalized spacial score (nSPS) is 15.8. The van der Waals surface area contributed by atoms with Crippen molar-refractivity contribution >= 4 is 39.3 Å². The smallest absolute Gasteiger partial charge is 0.0713 e. The monoisotopic (exact) mass is 920 g/mol. The molecule has 1 aromatic heterocycles. The van der Waals surface area contributed by atoms with Gasteiger partial charge in [-0.05, 0) is 140 Å². The first-order valence-corrected chi connectivity index (χ1v) is 25.1. The van der Waals surface area contributed by atoms with Crippen LogP contribution in [0.25, 0.3) is 66.9 Å². The topological polar surface area (TPSA) is 8.17 Å². The highest BCUT2D eigenvalue weighted by Gasteiger charge is 2.46. The number of hydrogen-bond donors (Lipinski definition) is 0. The molecule has 1 heterocycles. The third-order valence-corrected chi connectivity index (χ3v) is 15.2. The first-order valence-electron chi connectivity index (χ1n) is 25.1. The number of anilines is 2. The molecule has 342 valence electrons. The maximum atomic E-state index is 2.44. The first-order chi connectivity index (χ1) is 35.5. The summed E-state index contributed by atoms with van der Waals surface area (Å²) in [6, 6.07) is 91.4. The molecule has 11 aromatic rings. The van der Waals surface area contributed by atoms with E-state index in [0.29, 0.717) is 0 Å². The Balaban J connectivity index is 0.963. The zero-order valence-electron chi connectivity index (χ0n) is 40.5. The summed E-state index contributed by atoms with van der Waals surface area (Å²) in [6.45, 7) is 4.67. The second-order valence-electron chi connectivity index (χ2n) is 19.7. The molecule has 0 bridgehead atoms. The number of allylic oxidation sites excluding steroid dienone is 4. The van der Waals surface area contributed by atoms with Crippen molar-refractivity contribution in [1.29, 1.82) is 0 Å². The molecule has 0 radical (unpaired) electrons. The fourth-order valence-electron chi connectivity index (χ4n) is 11.7. The number of benzene rings is 10. The molecular weight excluding hydrogens is 869 g/mol. The maximum absolute atomic E-state index is 2.44. The first kappa shape index (κ1) is 43.1. The van der Waals surface area contributed by atoms with E-state index in [1.165, 1.54) is 88.6 Å². The quantitative estimate of drug-likeness (QED) is 0.147. The van der Waals surface area contributed by atoms with Crippen LogP contribution in [0, 0.1) is 0 Å². The summed E-state index contributed by atoms with van der Waals surface area (Å²) in [7, 11) is 0. The number of rotatable bonds is 8. The van der Waals surface area contributed by atoms with Crippen molar-refractivity contribution in [1.82, 2.24) is 4.57 Å². The predicted octanol–water partition coefficient (Wildman–Crippen LogP) is 18.1. The van der Waals surface area contributed by atoms with Gasteiger partial charge in [0.15, 0.2) is 0 Å². The van der Waals surface area contributed by atoms with Crippen LogP contribution < -0.4 is 4.90 Å². The van der Waals surface area contributed by atoms with Gasteiger partial charge in [-0.1, -0.05) is 220 Å². The third kappa shape index (κ3) is 7.09. The van der Waals surface area contributed by atoms with Crippen LogP contribution in [0.3, 0.4) is 0 Å². The molecule has 72 heavy (non-hydrogen) atoms. The Morgan fingerprint density at radius 3 is 1.71 bits per heavy atom. The highest BCUT2D eigenvalue weighted by atomic mass is 15.1. The van der Waals surface area contributed by atoms with E-state index in [0.717, 1.165) is 22.8 Å². The third-order valence-electron chi connectivity index (χ3n) is 15.2. The standard InChI is InChI=1S/C70H52N2/c1-69(2)45-44-57(29-19-22-51-34-35-53(47-66(51)69)49-20-7-3-8-21-49)71(58-39-36-50(37-40-58)52-38-43-68-63(46-52)61-31-16-18-33-67(61)72(68)56-27-13-6-14-28-56)59-41-42-65-62(48-59)60-30-15-17-32-64(60)70(65,54-23-9-4-10-24-54)55-25-11-5-12-26-55/h3-48H,1-2H3/b22-19+,45-44+,57-29+. The summed E-state index contributed by atoms with van der Waals surface area (Å²) in [5.41, 5.74) is 20.9. The van der Waals surface area contributed by atoms with Gasteiger partial charge in [0.1, 0.15) is 0 Å². The van der Waals surface area contributed by atoms with Crippen LogP contribution in [0.2, 0.25) is 0 Å². The highest BCUT2D eigenvalue weighted by Crippen LogP contribution is 2.57. The average Bonchev–Trinajstić information content (AvgIpc) is 3.95. The molecule has 2 heteroatoms. The molecule has 0 atom stereocenters. The van der Waals surface area contributed by atoms with Gasteiger partial charge in [0.25, 0.3) is 0 Å². The van der Waals surface area contributed by atoms with Crippen LogP contribution in [0.4, 0.5) is 11.4 Å². The van der Waals surface area contributed by atoms with E-state index in [4.69, 9.17) is 0 Å². The fourth-order valence-corrected chi connectivity index (χ4v) is 11.7. The number of hydrogen-bond acceptors (Lipinski definition) is 1. The molecule has 0 N–H and O–H groups in total.